The highest BCUT2D eigenvalue weighted by Gasteiger charge is 2.44. The van der Waals surface area contributed by atoms with E-state index in [9.17, 15) is 20.1 Å². The summed E-state index contributed by atoms with van der Waals surface area (Å²) in [7, 11) is 0. The molecule has 2 heterocycles. The molecule has 1 aromatic rings. The van der Waals surface area contributed by atoms with Crippen LogP contribution in [0.4, 0.5) is 0 Å². The average molecular weight is 303 g/mol. The lowest BCUT2D eigenvalue weighted by Gasteiger charge is -2.40. The van der Waals surface area contributed by atoms with Gasteiger partial charge in [0.2, 0.25) is 0 Å². The van der Waals surface area contributed by atoms with Crippen LogP contribution in [0.2, 0.25) is 0 Å². The van der Waals surface area contributed by atoms with Gasteiger partial charge < -0.3 is 30.5 Å². The molecule has 0 bridgehead atoms. The van der Waals surface area contributed by atoms with E-state index in [2.05, 4.69) is 5.32 Å². The van der Waals surface area contributed by atoms with Crippen LogP contribution in [-0.4, -0.2) is 63.6 Å². The van der Waals surface area contributed by atoms with E-state index in [1.807, 2.05) is 6.92 Å². The second-order valence-electron chi connectivity index (χ2n) is 4.63. The smallest absolute Gasteiger partial charge is 0.263 e. The van der Waals surface area contributed by atoms with Gasteiger partial charge in [0.05, 0.1) is 11.5 Å². The van der Waals surface area contributed by atoms with Crippen LogP contribution in [0.1, 0.15) is 14.5 Å². The van der Waals surface area contributed by atoms with E-state index in [-0.39, 0.29) is 0 Å². The number of aliphatic hydroxyl groups excluding tert-OH is 4. The zero-order valence-electron chi connectivity index (χ0n) is 10.8. The Kier molecular flexibility index (Phi) is 4.74. The minimum absolute atomic E-state index is 0.444. The molecule has 0 saturated carbocycles. The third-order valence-electron chi connectivity index (χ3n) is 3.13. The van der Waals surface area contributed by atoms with Gasteiger partial charge in [0, 0.05) is 4.88 Å². The summed E-state index contributed by atoms with van der Waals surface area (Å²) in [4.78, 5) is 13.4. The molecule has 0 spiro atoms. The first kappa shape index (κ1) is 15.4. The molecule has 2 rings (SSSR count). The maximum absolute atomic E-state index is 12.0. The number of carbonyl (C=O) groups excluding carboxylic acids is 1. The summed E-state index contributed by atoms with van der Waals surface area (Å²) in [6.45, 7) is 1.32. The highest BCUT2D eigenvalue weighted by molar-refractivity contribution is 7.13. The first-order valence-electron chi connectivity index (χ1n) is 6.12. The molecule has 0 aliphatic carbocycles. The molecule has 20 heavy (non-hydrogen) atoms. The maximum Gasteiger partial charge on any atom is 0.263 e. The topological polar surface area (TPSA) is 119 Å². The van der Waals surface area contributed by atoms with Crippen molar-refractivity contribution < 1.29 is 30.0 Å². The monoisotopic (exact) mass is 303 g/mol. The number of thiophene rings is 1. The molecule has 1 amide bonds. The number of carbonyl (C=O) groups is 1. The fraction of sp³-hybridized carbons (Fsp3) is 0.583. The van der Waals surface area contributed by atoms with Gasteiger partial charge in [0.25, 0.3) is 5.91 Å². The molecule has 5 atom stereocenters. The van der Waals surface area contributed by atoms with Crippen LogP contribution in [0.25, 0.3) is 0 Å². The largest absolute Gasteiger partial charge is 0.394 e. The first-order valence-corrected chi connectivity index (χ1v) is 6.93. The quantitative estimate of drug-likeness (QED) is 0.468. The van der Waals surface area contributed by atoms with Crippen molar-refractivity contribution in [1.29, 1.82) is 0 Å². The fourth-order valence-electron chi connectivity index (χ4n) is 1.98. The Morgan fingerprint density at radius 1 is 1.30 bits per heavy atom. The lowest BCUT2D eigenvalue weighted by Crippen LogP contribution is -2.63. The van der Waals surface area contributed by atoms with Crippen LogP contribution in [0.3, 0.4) is 0 Å². The Morgan fingerprint density at radius 3 is 2.55 bits per heavy atom. The minimum atomic E-state index is -1.50. The first-order chi connectivity index (χ1) is 9.43. The molecule has 1 aliphatic rings. The van der Waals surface area contributed by atoms with Gasteiger partial charge in [-0.3, -0.25) is 4.79 Å². The second kappa shape index (κ2) is 6.17. The number of nitrogens with one attached hydrogen (secondary N) is 1. The molecule has 0 radical (unpaired) electrons. The SMILES string of the molecule is Cc1ccc(C(=O)N[C@@H]2O[C@H](CO)[C@@H](O)[C@H](O)[C@H]2O)s1. The molecule has 1 aliphatic heterocycles. The molecular weight excluding hydrogens is 286 g/mol. The predicted molar refractivity (Wildman–Crippen MR) is 70.3 cm³/mol. The van der Waals surface area contributed by atoms with Gasteiger partial charge in [-0.15, -0.1) is 11.3 Å². The van der Waals surface area contributed by atoms with Crippen LogP contribution in [-0.2, 0) is 4.74 Å². The molecule has 8 heteroatoms. The lowest BCUT2D eigenvalue weighted by atomic mass is 9.98. The van der Waals surface area contributed by atoms with Crippen LogP contribution in [0, 0.1) is 6.92 Å². The van der Waals surface area contributed by atoms with Crippen molar-refractivity contribution in [3.8, 4) is 0 Å². The van der Waals surface area contributed by atoms with Crippen molar-refractivity contribution in [2.24, 2.45) is 0 Å². The summed E-state index contributed by atoms with van der Waals surface area (Å²) in [6.07, 6.45) is -6.65. The second-order valence-corrected chi connectivity index (χ2v) is 5.92. The number of ether oxygens (including phenoxy) is 1. The van der Waals surface area contributed by atoms with E-state index in [4.69, 9.17) is 9.84 Å². The number of hydrogen-bond acceptors (Lipinski definition) is 7. The lowest BCUT2D eigenvalue weighted by molar-refractivity contribution is -0.233. The summed E-state index contributed by atoms with van der Waals surface area (Å²) >= 11 is 1.28. The number of rotatable bonds is 3. The van der Waals surface area contributed by atoms with Gasteiger partial charge in [-0.1, -0.05) is 0 Å². The van der Waals surface area contributed by atoms with Crippen LogP contribution in [0.5, 0.6) is 0 Å². The molecule has 1 saturated heterocycles. The van der Waals surface area contributed by atoms with Gasteiger partial charge in [-0.25, -0.2) is 0 Å². The summed E-state index contributed by atoms with van der Waals surface area (Å²) < 4.78 is 5.19. The molecular formula is C12H17NO6S. The van der Waals surface area contributed by atoms with E-state index >= 15 is 0 Å². The van der Waals surface area contributed by atoms with Crippen LogP contribution >= 0.6 is 11.3 Å². The van der Waals surface area contributed by atoms with Gasteiger partial charge in [-0.2, -0.15) is 0 Å². The van der Waals surface area contributed by atoms with Crippen molar-refractivity contribution in [3.05, 3.63) is 21.9 Å². The van der Waals surface area contributed by atoms with E-state index in [1.165, 1.54) is 11.3 Å². The Balaban J connectivity index is 2.06. The summed E-state index contributed by atoms with van der Waals surface area (Å²) in [5, 5.41) is 40.5. The number of amides is 1. The maximum atomic E-state index is 12.0. The Morgan fingerprint density at radius 2 is 2.00 bits per heavy atom. The fourth-order valence-corrected chi connectivity index (χ4v) is 2.75. The Bertz CT molecular complexity index is 476. The number of aryl methyl sites for hydroxylation is 1. The standard InChI is InChI=1S/C12H17NO6S/c1-5-2-3-7(20-5)11(18)13-12-10(17)9(16)8(15)6(4-14)19-12/h2-3,6,8-10,12,14-17H,4H2,1H3,(H,13,18)/t6-,8-,9+,10-,12-/m1/s1. The van der Waals surface area contributed by atoms with Gasteiger partial charge in [-0.05, 0) is 19.1 Å². The highest BCUT2D eigenvalue weighted by atomic mass is 32.1. The van der Waals surface area contributed by atoms with Crippen LogP contribution in [0.15, 0.2) is 12.1 Å². The summed E-state index contributed by atoms with van der Waals surface area (Å²) in [5.41, 5.74) is 0. The Labute approximate surface area is 119 Å². The van der Waals surface area contributed by atoms with Crippen molar-refractivity contribution in [2.75, 3.05) is 6.61 Å². The molecule has 1 fully saturated rings. The summed E-state index contributed by atoms with van der Waals surface area (Å²) in [6, 6.07) is 3.42. The third kappa shape index (κ3) is 3.00. The zero-order valence-corrected chi connectivity index (χ0v) is 11.6. The van der Waals surface area contributed by atoms with Crippen molar-refractivity contribution in [1.82, 2.24) is 5.32 Å². The van der Waals surface area contributed by atoms with Crippen molar-refractivity contribution >= 4 is 17.2 Å². The molecule has 1 aromatic heterocycles. The van der Waals surface area contributed by atoms with E-state index in [0.29, 0.717) is 4.88 Å². The van der Waals surface area contributed by atoms with E-state index in [0.717, 1.165) is 4.88 Å². The van der Waals surface area contributed by atoms with Gasteiger partial charge in [0.15, 0.2) is 6.23 Å². The van der Waals surface area contributed by atoms with E-state index < -0.39 is 43.2 Å². The van der Waals surface area contributed by atoms with Gasteiger partial charge >= 0.3 is 0 Å². The third-order valence-corrected chi connectivity index (χ3v) is 4.13. The normalized spacial score (nSPS) is 34.0. The highest BCUT2D eigenvalue weighted by Crippen LogP contribution is 2.21. The average Bonchev–Trinajstić information content (AvgIpc) is 2.86. The summed E-state index contributed by atoms with van der Waals surface area (Å²) in [5.74, 6) is -0.451. The Hall–Kier alpha value is -1.03. The molecule has 5 N–H and O–H groups in total. The molecule has 0 aromatic carbocycles. The zero-order chi connectivity index (χ0) is 14.9. The van der Waals surface area contributed by atoms with Crippen LogP contribution < -0.4 is 5.32 Å². The van der Waals surface area contributed by atoms with Gasteiger partial charge in [0.1, 0.15) is 24.4 Å². The predicted octanol–water partition coefficient (Wildman–Crippen LogP) is -1.41. The number of hydrogen-bond donors (Lipinski definition) is 5. The van der Waals surface area contributed by atoms with E-state index in [1.54, 1.807) is 12.1 Å². The number of aliphatic hydroxyl groups is 4. The van der Waals surface area contributed by atoms with Crippen molar-refractivity contribution in [3.63, 3.8) is 0 Å². The minimum Gasteiger partial charge on any atom is -0.394 e. The molecule has 7 nitrogen and oxygen atoms in total. The molecule has 0 unspecified atom stereocenters. The molecule has 112 valence electrons. The van der Waals surface area contributed by atoms with Crippen molar-refractivity contribution in [2.45, 2.75) is 37.6 Å².